The van der Waals surface area contributed by atoms with Gasteiger partial charge in [-0.25, -0.2) is 14.4 Å². The lowest BCUT2D eigenvalue weighted by atomic mass is 10.0. The average Bonchev–Trinajstić information content (AvgIpc) is 3.63. The standard InChI is InChI=1S/C26H29FN6O4/c1-31-24-19(11-17-18(29-24)6-7-32(26(17)34)13-16(28)12-27)30-25(31)20-10-15-4-3-5-21(35-2)23(15)33(20)14-22-36-8-9-37-22/h3-5,10-11,16,22H,6-9,12-14,28H2,1-2H3/t16-/m1/s1. The zero-order valence-electron chi connectivity index (χ0n) is 20.8. The number of hydrogen-bond donors (Lipinski definition) is 1. The molecule has 0 bridgehead atoms. The minimum Gasteiger partial charge on any atom is -0.495 e. The van der Waals surface area contributed by atoms with Crippen LogP contribution in [0.25, 0.3) is 33.6 Å². The Balaban J connectivity index is 1.46. The first-order valence-corrected chi connectivity index (χ1v) is 12.4. The first kappa shape index (κ1) is 23.8. The maximum absolute atomic E-state index is 13.1. The molecule has 0 unspecified atom stereocenters. The van der Waals surface area contributed by atoms with E-state index < -0.39 is 12.7 Å². The van der Waals surface area contributed by atoms with Crippen molar-refractivity contribution >= 4 is 28.0 Å². The number of hydrogen-bond acceptors (Lipinski definition) is 7. The largest absolute Gasteiger partial charge is 0.495 e. The Morgan fingerprint density at radius 2 is 2.05 bits per heavy atom. The van der Waals surface area contributed by atoms with Crippen LogP contribution in [-0.4, -0.2) is 82.3 Å². The molecule has 1 saturated heterocycles. The predicted octanol–water partition coefficient (Wildman–Crippen LogP) is 2.27. The van der Waals surface area contributed by atoms with Gasteiger partial charge in [0, 0.05) is 31.9 Å². The Hall–Kier alpha value is -3.54. The summed E-state index contributed by atoms with van der Waals surface area (Å²) in [7, 11) is 3.57. The van der Waals surface area contributed by atoms with Crippen LogP contribution in [0.5, 0.6) is 5.75 Å². The van der Waals surface area contributed by atoms with Crippen LogP contribution in [0.4, 0.5) is 4.39 Å². The number of rotatable bonds is 7. The van der Waals surface area contributed by atoms with Crippen molar-refractivity contribution in [2.24, 2.45) is 12.8 Å². The third kappa shape index (κ3) is 4.03. The minimum absolute atomic E-state index is 0.174. The van der Waals surface area contributed by atoms with Gasteiger partial charge in [0.2, 0.25) is 0 Å². The predicted molar refractivity (Wildman–Crippen MR) is 135 cm³/mol. The molecule has 2 N–H and O–H groups in total. The lowest BCUT2D eigenvalue weighted by molar-refractivity contribution is -0.0514. The second-order valence-corrected chi connectivity index (χ2v) is 9.44. The number of benzene rings is 1. The minimum atomic E-state index is -0.699. The number of halogens is 1. The molecule has 3 aromatic heterocycles. The maximum atomic E-state index is 13.1. The molecule has 1 atom stereocenters. The Morgan fingerprint density at radius 3 is 2.81 bits per heavy atom. The van der Waals surface area contributed by atoms with Crippen LogP contribution in [0.2, 0.25) is 0 Å². The summed E-state index contributed by atoms with van der Waals surface area (Å²) >= 11 is 0. The quantitative estimate of drug-likeness (QED) is 0.408. The van der Waals surface area contributed by atoms with Crippen LogP contribution in [-0.2, 0) is 29.5 Å². The van der Waals surface area contributed by atoms with Crippen molar-refractivity contribution in [3.8, 4) is 17.3 Å². The van der Waals surface area contributed by atoms with Crippen molar-refractivity contribution in [1.29, 1.82) is 0 Å². The molecule has 1 fully saturated rings. The molecule has 1 amide bonds. The van der Waals surface area contributed by atoms with Gasteiger partial charge in [-0.1, -0.05) is 12.1 Å². The number of ether oxygens (including phenoxy) is 3. The molecule has 1 aromatic carbocycles. The summed E-state index contributed by atoms with van der Waals surface area (Å²) in [5.41, 5.74) is 10.0. The van der Waals surface area contributed by atoms with E-state index in [1.165, 1.54) is 0 Å². The van der Waals surface area contributed by atoms with Gasteiger partial charge in [-0.05, 0) is 18.2 Å². The van der Waals surface area contributed by atoms with Gasteiger partial charge in [-0.15, -0.1) is 0 Å². The molecule has 2 aliphatic heterocycles. The van der Waals surface area contributed by atoms with Gasteiger partial charge < -0.3 is 34.0 Å². The second-order valence-electron chi connectivity index (χ2n) is 9.44. The Labute approximate surface area is 212 Å². The van der Waals surface area contributed by atoms with Gasteiger partial charge in [0.1, 0.15) is 17.9 Å². The van der Waals surface area contributed by atoms with Crippen LogP contribution in [0.1, 0.15) is 16.1 Å². The monoisotopic (exact) mass is 508 g/mol. The number of aromatic nitrogens is 4. The van der Waals surface area contributed by atoms with Gasteiger partial charge in [0.05, 0.1) is 55.4 Å². The zero-order chi connectivity index (χ0) is 25.7. The fourth-order valence-corrected chi connectivity index (χ4v) is 5.26. The highest BCUT2D eigenvalue weighted by Crippen LogP contribution is 2.35. The fraction of sp³-hybridized carbons (Fsp3) is 0.423. The third-order valence-corrected chi connectivity index (χ3v) is 7.07. The molecule has 6 rings (SSSR count). The molecule has 5 heterocycles. The molecule has 37 heavy (non-hydrogen) atoms. The fourth-order valence-electron chi connectivity index (χ4n) is 5.26. The summed E-state index contributed by atoms with van der Waals surface area (Å²) in [5.74, 6) is 1.25. The average molecular weight is 509 g/mol. The van der Waals surface area contributed by atoms with Gasteiger partial charge in [0.25, 0.3) is 5.91 Å². The van der Waals surface area contributed by atoms with E-state index in [9.17, 15) is 9.18 Å². The first-order chi connectivity index (χ1) is 18.0. The van der Waals surface area contributed by atoms with Crippen LogP contribution < -0.4 is 10.5 Å². The Kier molecular flexibility index (Phi) is 6.06. The number of imidazole rings is 1. The normalized spacial score (nSPS) is 17.2. The van der Waals surface area contributed by atoms with Gasteiger partial charge in [-0.2, -0.15) is 0 Å². The second kappa shape index (κ2) is 9.40. The number of alkyl halides is 1. The van der Waals surface area contributed by atoms with E-state index in [1.807, 2.05) is 29.8 Å². The molecule has 194 valence electrons. The van der Waals surface area contributed by atoms with Crippen molar-refractivity contribution in [2.75, 3.05) is 40.1 Å². The number of pyridine rings is 1. The van der Waals surface area contributed by atoms with Crippen LogP contribution in [0.3, 0.4) is 0 Å². The van der Waals surface area contributed by atoms with Crippen LogP contribution in [0.15, 0.2) is 30.3 Å². The molecule has 2 aliphatic rings. The lowest BCUT2D eigenvalue weighted by Crippen LogP contribution is -2.45. The number of methoxy groups -OCH3 is 1. The molecular weight excluding hydrogens is 479 g/mol. The van der Waals surface area contributed by atoms with E-state index in [-0.39, 0.29) is 18.7 Å². The van der Waals surface area contributed by atoms with Gasteiger partial charge in [0.15, 0.2) is 17.8 Å². The highest BCUT2D eigenvalue weighted by atomic mass is 19.1. The SMILES string of the molecule is COc1cccc2cc(-c3nc4cc5c(nc4n3C)CCN(C[C@H](N)CF)C5=O)n(CC3OCCO3)c12. The number of nitrogens with zero attached hydrogens (tertiary/aromatic N) is 5. The lowest BCUT2D eigenvalue weighted by Gasteiger charge is -2.29. The smallest absolute Gasteiger partial charge is 0.255 e. The molecule has 4 aromatic rings. The van der Waals surface area contributed by atoms with Crippen molar-refractivity contribution in [1.82, 2.24) is 24.0 Å². The summed E-state index contributed by atoms with van der Waals surface area (Å²) in [6.07, 6.45) is 0.198. The molecule has 0 radical (unpaired) electrons. The van der Waals surface area contributed by atoms with E-state index in [0.717, 1.165) is 22.3 Å². The number of aryl methyl sites for hydroxylation is 1. The third-order valence-electron chi connectivity index (χ3n) is 7.07. The van der Waals surface area contributed by atoms with Crippen molar-refractivity contribution in [3.05, 3.63) is 41.6 Å². The van der Waals surface area contributed by atoms with Gasteiger partial charge in [-0.3, -0.25) is 4.79 Å². The number of carbonyl (C=O) groups excluding carboxylic acids is 1. The summed E-state index contributed by atoms with van der Waals surface area (Å²) in [6.45, 7) is 1.53. The number of para-hydroxylation sites is 1. The summed E-state index contributed by atoms with van der Waals surface area (Å²) in [4.78, 5) is 24.5. The maximum Gasteiger partial charge on any atom is 0.255 e. The number of carbonyl (C=O) groups is 1. The van der Waals surface area contributed by atoms with Gasteiger partial charge >= 0.3 is 0 Å². The molecular formula is C26H29FN6O4. The molecule has 0 spiro atoms. The number of nitrogens with two attached hydrogens (primary N) is 1. The first-order valence-electron chi connectivity index (χ1n) is 12.4. The zero-order valence-corrected chi connectivity index (χ0v) is 20.8. The summed E-state index contributed by atoms with van der Waals surface area (Å²) < 4.78 is 34.2. The van der Waals surface area contributed by atoms with E-state index in [4.69, 9.17) is 29.9 Å². The highest BCUT2D eigenvalue weighted by Gasteiger charge is 2.29. The molecule has 0 aliphatic carbocycles. The Bertz CT molecular complexity index is 1490. The molecule has 0 saturated carbocycles. The van der Waals surface area contributed by atoms with Crippen molar-refractivity contribution < 1.29 is 23.4 Å². The van der Waals surface area contributed by atoms with E-state index in [2.05, 4.69) is 10.6 Å². The molecule has 10 nitrogen and oxygen atoms in total. The summed E-state index contributed by atoms with van der Waals surface area (Å²) in [5, 5.41) is 1.00. The van der Waals surface area contributed by atoms with E-state index >= 15 is 0 Å². The van der Waals surface area contributed by atoms with E-state index in [1.54, 1.807) is 18.1 Å². The van der Waals surface area contributed by atoms with E-state index in [0.29, 0.717) is 61.0 Å². The highest BCUT2D eigenvalue weighted by molar-refractivity contribution is 5.99. The summed E-state index contributed by atoms with van der Waals surface area (Å²) in [6, 6.07) is 9.07. The van der Waals surface area contributed by atoms with Crippen molar-refractivity contribution in [3.63, 3.8) is 0 Å². The van der Waals surface area contributed by atoms with Crippen LogP contribution >= 0.6 is 0 Å². The van der Waals surface area contributed by atoms with Crippen LogP contribution in [0, 0.1) is 0 Å². The Morgan fingerprint density at radius 1 is 1.24 bits per heavy atom. The van der Waals surface area contributed by atoms with Crippen molar-refractivity contribution in [2.45, 2.75) is 25.3 Å². The number of amides is 1. The number of fused-ring (bicyclic) bond motifs is 3. The topological polar surface area (TPSA) is 110 Å². The molecule has 11 heteroatoms.